The molecule has 0 saturated carbocycles. The van der Waals surface area contributed by atoms with Gasteiger partial charge in [0.1, 0.15) is 5.75 Å². The van der Waals surface area contributed by atoms with E-state index in [1.54, 1.807) is 13.2 Å². The van der Waals surface area contributed by atoms with Crippen LogP contribution in [0.3, 0.4) is 0 Å². The number of sulfone groups is 1. The van der Waals surface area contributed by atoms with E-state index in [2.05, 4.69) is 41.3 Å². The molecule has 2 aromatic carbocycles. The van der Waals surface area contributed by atoms with E-state index in [9.17, 15) is 8.42 Å². The lowest BCUT2D eigenvalue weighted by Crippen LogP contribution is -2.35. The van der Waals surface area contributed by atoms with Crippen LogP contribution in [-0.2, 0) is 9.84 Å². The molecule has 1 unspecified atom stereocenters. The third kappa shape index (κ3) is 3.71. The monoisotopic (exact) mass is 485 g/mol. The Morgan fingerprint density at radius 2 is 1.92 bits per heavy atom. The minimum absolute atomic E-state index is 0.147. The van der Waals surface area contributed by atoms with Gasteiger partial charge >= 0.3 is 0 Å². The number of methoxy groups -OCH3 is 1. The molecular weight excluding hydrogens is 461 g/mol. The molecule has 0 spiro atoms. The van der Waals surface area contributed by atoms with Crippen LogP contribution in [-0.4, -0.2) is 27.8 Å². The van der Waals surface area contributed by atoms with E-state index in [0.29, 0.717) is 17.2 Å². The first-order valence-electron chi connectivity index (χ1n) is 8.72. The minimum Gasteiger partial charge on any atom is -0.496 e. The first-order chi connectivity index (χ1) is 12.3. The average Bonchev–Trinajstić information content (AvgIpc) is 2.67. The Bertz CT molecular complexity index is 899. The summed E-state index contributed by atoms with van der Waals surface area (Å²) in [5.41, 5.74) is 1.43. The Hall–Kier alpha value is -1.28. The fourth-order valence-corrected chi connectivity index (χ4v) is 6.54. The van der Waals surface area contributed by atoms with E-state index in [4.69, 9.17) is 4.74 Å². The number of para-hydroxylation sites is 1. The molecular formula is C20H24INO3S. The van der Waals surface area contributed by atoms with Gasteiger partial charge in [0, 0.05) is 18.3 Å². The summed E-state index contributed by atoms with van der Waals surface area (Å²) in [6.07, 6.45) is 1.81. The van der Waals surface area contributed by atoms with Crippen molar-refractivity contribution in [3.05, 3.63) is 46.0 Å². The fraction of sp³-hybridized carbons (Fsp3) is 0.400. The van der Waals surface area contributed by atoms with Crippen LogP contribution in [0, 0.1) is 8.99 Å². The highest BCUT2D eigenvalue weighted by Crippen LogP contribution is 2.44. The van der Waals surface area contributed by atoms with E-state index >= 15 is 0 Å². The fourth-order valence-electron chi connectivity index (χ4n) is 3.78. The third-order valence-corrected chi connectivity index (χ3v) is 7.78. The SMILES string of the molecule is CCCC1(C)CN(c2ccccc2)c2cc(I)c(OC)cc2S(=O)(=O)C1. The number of halogens is 1. The number of anilines is 2. The second-order valence-corrected chi connectivity index (χ2v) is 10.3. The van der Waals surface area contributed by atoms with Crippen molar-refractivity contribution in [2.75, 3.05) is 24.3 Å². The molecule has 2 aromatic rings. The van der Waals surface area contributed by atoms with Gasteiger partial charge in [-0.3, -0.25) is 0 Å². The molecule has 3 rings (SSSR count). The molecule has 0 aliphatic carbocycles. The lowest BCUT2D eigenvalue weighted by Gasteiger charge is -2.34. The van der Waals surface area contributed by atoms with Gasteiger partial charge in [0.25, 0.3) is 0 Å². The van der Waals surface area contributed by atoms with Gasteiger partial charge in [-0.2, -0.15) is 0 Å². The predicted molar refractivity (Wildman–Crippen MR) is 114 cm³/mol. The predicted octanol–water partition coefficient (Wildman–Crippen LogP) is 5.03. The maximum atomic E-state index is 13.3. The van der Waals surface area contributed by atoms with Crippen LogP contribution in [0.1, 0.15) is 26.7 Å². The summed E-state index contributed by atoms with van der Waals surface area (Å²) < 4.78 is 32.8. The highest BCUT2D eigenvalue weighted by molar-refractivity contribution is 14.1. The van der Waals surface area contributed by atoms with Gasteiger partial charge in [0.05, 0.1) is 27.0 Å². The van der Waals surface area contributed by atoms with Crippen molar-refractivity contribution in [3.63, 3.8) is 0 Å². The quantitative estimate of drug-likeness (QED) is 0.570. The Balaban J connectivity index is 2.27. The Morgan fingerprint density at radius 3 is 2.54 bits per heavy atom. The van der Waals surface area contributed by atoms with Crippen molar-refractivity contribution in [2.45, 2.75) is 31.6 Å². The van der Waals surface area contributed by atoms with Gasteiger partial charge in [0.2, 0.25) is 0 Å². The largest absolute Gasteiger partial charge is 0.496 e. The molecule has 140 valence electrons. The van der Waals surface area contributed by atoms with Gasteiger partial charge in [0.15, 0.2) is 9.84 Å². The summed E-state index contributed by atoms with van der Waals surface area (Å²) in [5.74, 6) is 0.744. The number of rotatable bonds is 4. The smallest absolute Gasteiger partial charge is 0.181 e. The van der Waals surface area contributed by atoms with Gasteiger partial charge in [-0.15, -0.1) is 0 Å². The zero-order valence-corrected chi connectivity index (χ0v) is 18.3. The highest BCUT2D eigenvalue weighted by Gasteiger charge is 2.39. The van der Waals surface area contributed by atoms with Crippen LogP contribution in [0.25, 0.3) is 0 Å². The third-order valence-electron chi connectivity index (χ3n) is 4.86. The average molecular weight is 485 g/mol. The summed E-state index contributed by atoms with van der Waals surface area (Å²) in [5, 5.41) is 0. The maximum absolute atomic E-state index is 13.3. The van der Waals surface area contributed by atoms with E-state index in [0.717, 1.165) is 27.8 Å². The molecule has 0 saturated heterocycles. The molecule has 6 heteroatoms. The summed E-state index contributed by atoms with van der Waals surface area (Å²) in [6, 6.07) is 13.6. The minimum atomic E-state index is -3.42. The Morgan fingerprint density at radius 1 is 1.23 bits per heavy atom. The van der Waals surface area contributed by atoms with Crippen LogP contribution in [0.5, 0.6) is 5.75 Å². The van der Waals surface area contributed by atoms with Crippen molar-refractivity contribution < 1.29 is 13.2 Å². The van der Waals surface area contributed by atoms with Crippen molar-refractivity contribution >= 4 is 43.8 Å². The van der Waals surface area contributed by atoms with Crippen LogP contribution >= 0.6 is 22.6 Å². The lowest BCUT2D eigenvalue weighted by atomic mass is 9.87. The van der Waals surface area contributed by atoms with Gasteiger partial charge < -0.3 is 9.64 Å². The molecule has 4 nitrogen and oxygen atoms in total. The number of hydrogen-bond acceptors (Lipinski definition) is 4. The van der Waals surface area contributed by atoms with E-state index in [1.165, 1.54) is 0 Å². The number of fused-ring (bicyclic) bond motifs is 1. The van der Waals surface area contributed by atoms with E-state index in [-0.39, 0.29) is 11.2 Å². The van der Waals surface area contributed by atoms with Crippen molar-refractivity contribution in [1.29, 1.82) is 0 Å². The molecule has 1 heterocycles. The Labute approximate surface area is 169 Å². The summed E-state index contributed by atoms with van der Waals surface area (Å²) >= 11 is 2.20. The summed E-state index contributed by atoms with van der Waals surface area (Å²) in [7, 11) is -1.85. The van der Waals surface area contributed by atoms with Crippen LogP contribution in [0.2, 0.25) is 0 Å². The van der Waals surface area contributed by atoms with Crippen molar-refractivity contribution in [2.24, 2.45) is 5.41 Å². The number of ether oxygens (including phenoxy) is 1. The molecule has 0 aromatic heterocycles. The topological polar surface area (TPSA) is 46.6 Å². The molecule has 0 radical (unpaired) electrons. The molecule has 0 amide bonds. The molecule has 0 N–H and O–H groups in total. The molecule has 1 atom stereocenters. The highest BCUT2D eigenvalue weighted by atomic mass is 127. The van der Waals surface area contributed by atoms with Gasteiger partial charge in [-0.05, 0) is 52.6 Å². The first kappa shape index (κ1) is 19.5. The normalized spacial score (nSPS) is 21.8. The zero-order valence-electron chi connectivity index (χ0n) is 15.3. The summed E-state index contributed by atoms with van der Waals surface area (Å²) in [4.78, 5) is 2.51. The van der Waals surface area contributed by atoms with E-state index in [1.807, 2.05) is 36.4 Å². The van der Waals surface area contributed by atoms with Crippen LogP contribution in [0.4, 0.5) is 11.4 Å². The van der Waals surface area contributed by atoms with Gasteiger partial charge in [-0.1, -0.05) is 38.5 Å². The summed E-state index contributed by atoms with van der Waals surface area (Å²) in [6.45, 7) is 4.85. The first-order valence-corrected chi connectivity index (χ1v) is 11.5. The van der Waals surface area contributed by atoms with Gasteiger partial charge in [-0.25, -0.2) is 8.42 Å². The second-order valence-electron chi connectivity index (χ2n) is 7.20. The second kappa shape index (κ2) is 7.38. The maximum Gasteiger partial charge on any atom is 0.181 e. The lowest BCUT2D eigenvalue weighted by molar-refractivity contribution is 0.346. The number of nitrogens with zero attached hydrogens (tertiary/aromatic N) is 1. The molecule has 0 bridgehead atoms. The Kier molecular flexibility index (Phi) is 5.53. The molecule has 1 aliphatic rings. The zero-order chi connectivity index (χ0) is 18.9. The molecule has 1 aliphatic heterocycles. The molecule has 0 fully saturated rings. The van der Waals surface area contributed by atoms with Crippen LogP contribution < -0.4 is 9.64 Å². The standard InChI is InChI=1S/C20H24INO3S/c1-4-10-20(2)13-22(15-8-6-5-7-9-15)17-11-16(21)18(25-3)12-19(17)26(23,24)14-20/h5-9,11-12H,4,10,13-14H2,1-3H3. The van der Waals surface area contributed by atoms with Crippen molar-refractivity contribution in [3.8, 4) is 5.75 Å². The van der Waals surface area contributed by atoms with Crippen molar-refractivity contribution in [1.82, 2.24) is 0 Å². The molecule has 26 heavy (non-hydrogen) atoms. The number of hydrogen-bond donors (Lipinski definition) is 0. The van der Waals surface area contributed by atoms with E-state index < -0.39 is 9.84 Å². The van der Waals surface area contributed by atoms with Crippen LogP contribution in [0.15, 0.2) is 47.4 Å². The number of benzene rings is 2.